The van der Waals surface area contributed by atoms with E-state index < -0.39 is 29.2 Å². The smallest absolute Gasteiger partial charge is 0.343 e. The summed E-state index contributed by atoms with van der Waals surface area (Å²) in [6.07, 6.45) is -2.13. The maximum atomic E-state index is 12.5. The standard InChI is InChI=1S/C10H12F2N2O3/c1-5(2)3-14-4-13-7(8(11)12)6(9(14)15)10(16)17/h4-5,8H,3H2,1-2H3,(H,16,17). The van der Waals surface area contributed by atoms with Crippen molar-refractivity contribution in [3.8, 4) is 0 Å². The van der Waals surface area contributed by atoms with E-state index in [1.54, 1.807) is 0 Å². The SMILES string of the molecule is CC(C)Cn1cnc(C(F)F)c(C(=O)O)c1=O. The van der Waals surface area contributed by atoms with Crippen LogP contribution in [0.25, 0.3) is 0 Å². The Morgan fingerprint density at radius 2 is 2.12 bits per heavy atom. The zero-order valence-corrected chi connectivity index (χ0v) is 9.35. The van der Waals surface area contributed by atoms with Gasteiger partial charge in [-0.1, -0.05) is 13.8 Å². The van der Waals surface area contributed by atoms with Crippen LogP contribution in [-0.4, -0.2) is 20.6 Å². The van der Waals surface area contributed by atoms with Crippen molar-refractivity contribution in [2.45, 2.75) is 26.8 Å². The van der Waals surface area contributed by atoms with Crippen LogP contribution in [0.4, 0.5) is 8.78 Å². The number of aromatic nitrogens is 2. The summed E-state index contributed by atoms with van der Waals surface area (Å²) >= 11 is 0. The van der Waals surface area contributed by atoms with E-state index in [1.807, 2.05) is 13.8 Å². The lowest BCUT2D eigenvalue weighted by atomic mass is 10.2. The molecule has 7 heteroatoms. The van der Waals surface area contributed by atoms with Crippen molar-refractivity contribution >= 4 is 5.97 Å². The normalized spacial score (nSPS) is 11.2. The van der Waals surface area contributed by atoms with Crippen LogP contribution in [0.1, 0.15) is 36.3 Å². The van der Waals surface area contributed by atoms with Crippen molar-refractivity contribution in [2.75, 3.05) is 0 Å². The van der Waals surface area contributed by atoms with Gasteiger partial charge in [0.2, 0.25) is 0 Å². The molecule has 17 heavy (non-hydrogen) atoms. The number of hydrogen-bond donors (Lipinski definition) is 1. The minimum Gasteiger partial charge on any atom is -0.477 e. The summed E-state index contributed by atoms with van der Waals surface area (Å²) in [6, 6.07) is 0. The molecule has 0 fully saturated rings. The van der Waals surface area contributed by atoms with Gasteiger partial charge >= 0.3 is 5.97 Å². The first kappa shape index (κ1) is 13.3. The molecule has 0 radical (unpaired) electrons. The van der Waals surface area contributed by atoms with E-state index in [-0.39, 0.29) is 12.5 Å². The van der Waals surface area contributed by atoms with Gasteiger partial charge in [-0.25, -0.2) is 18.6 Å². The fraction of sp³-hybridized carbons (Fsp3) is 0.500. The molecule has 0 atom stereocenters. The summed E-state index contributed by atoms with van der Waals surface area (Å²) < 4.78 is 26.0. The topological polar surface area (TPSA) is 72.2 Å². The molecule has 5 nitrogen and oxygen atoms in total. The number of rotatable bonds is 4. The molecule has 1 heterocycles. The van der Waals surface area contributed by atoms with Gasteiger partial charge in [-0.15, -0.1) is 0 Å². The molecule has 1 N–H and O–H groups in total. The highest BCUT2D eigenvalue weighted by Crippen LogP contribution is 2.18. The Hall–Kier alpha value is -1.79. The highest BCUT2D eigenvalue weighted by atomic mass is 19.3. The predicted octanol–water partition coefficient (Wildman–Crippen LogP) is 1.54. The number of carboxylic acid groups (broad SMARTS) is 1. The molecule has 0 aliphatic rings. The molecule has 0 unspecified atom stereocenters. The maximum Gasteiger partial charge on any atom is 0.343 e. The molecule has 0 amide bonds. The van der Waals surface area contributed by atoms with Crippen LogP contribution in [0, 0.1) is 5.92 Å². The van der Waals surface area contributed by atoms with Crippen molar-refractivity contribution in [3.63, 3.8) is 0 Å². The number of carboxylic acids is 1. The summed E-state index contributed by atoms with van der Waals surface area (Å²) in [5.41, 5.74) is -2.89. The Morgan fingerprint density at radius 3 is 2.53 bits per heavy atom. The zero-order valence-electron chi connectivity index (χ0n) is 9.35. The van der Waals surface area contributed by atoms with Gasteiger partial charge in [0.1, 0.15) is 5.69 Å². The van der Waals surface area contributed by atoms with E-state index in [0.29, 0.717) is 0 Å². The Kier molecular flexibility index (Phi) is 3.93. The largest absolute Gasteiger partial charge is 0.477 e. The van der Waals surface area contributed by atoms with E-state index in [1.165, 1.54) is 0 Å². The highest BCUT2D eigenvalue weighted by Gasteiger charge is 2.24. The van der Waals surface area contributed by atoms with Gasteiger partial charge in [0.25, 0.3) is 12.0 Å². The molecular formula is C10H12F2N2O3. The molecule has 0 aliphatic carbocycles. The first-order chi connectivity index (χ1) is 7.84. The average molecular weight is 246 g/mol. The van der Waals surface area contributed by atoms with Gasteiger partial charge in [0.05, 0.1) is 6.33 Å². The Bertz CT molecular complexity index is 483. The molecule has 0 spiro atoms. The third-order valence-electron chi connectivity index (χ3n) is 2.05. The molecule has 0 saturated heterocycles. The number of hydrogen-bond acceptors (Lipinski definition) is 3. The Labute approximate surface area is 95.7 Å². The maximum absolute atomic E-state index is 12.5. The molecule has 94 valence electrons. The number of nitrogens with zero attached hydrogens (tertiary/aromatic N) is 2. The number of carbonyl (C=O) groups is 1. The van der Waals surface area contributed by atoms with E-state index in [4.69, 9.17) is 5.11 Å². The molecule has 1 aromatic heterocycles. The lowest BCUT2D eigenvalue weighted by Crippen LogP contribution is -2.30. The second-order valence-corrected chi connectivity index (χ2v) is 3.96. The van der Waals surface area contributed by atoms with Crippen molar-refractivity contribution in [1.82, 2.24) is 9.55 Å². The fourth-order valence-electron chi connectivity index (χ4n) is 1.39. The van der Waals surface area contributed by atoms with Crippen LogP contribution in [0.3, 0.4) is 0 Å². The van der Waals surface area contributed by atoms with Crippen LogP contribution in [0.2, 0.25) is 0 Å². The van der Waals surface area contributed by atoms with Gasteiger partial charge in [-0.05, 0) is 5.92 Å². The van der Waals surface area contributed by atoms with E-state index in [2.05, 4.69) is 4.98 Å². The molecule has 0 saturated carbocycles. The van der Waals surface area contributed by atoms with E-state index in [0.717, 1.165) is 10.9 Å². The highest BCUT2D eigenvalue weighted by molar-refractivity contribution is 5.88. The predicted molar refractivity (Wildman–Crippen MR) is 55.3 cm³/mol. The summed E-state index contributed by atoms with van der Waals surface area (Å²) in [6.45, 7) is 3.86. The third kappa shape index (κ3) is 2.86. The lowest BCUT2D eigenvalue weighted by Gasteiger charge is -2.10. The second-order valence-electron chi connectivity index (χ2n) is 3.96. The molecular weight excluding hydrogens is 234 g/mol. The van der Waals surface area contributed by atoms with E-state index in [9.17, 15) is 18.4 Å². The minimum absolute atomic E-state index is 0.0774. The van der Waals surface area contributed by atoms with Crippen LogP contribution < -0.4 is 5.56 Å². The molecule has 0 aromatic carbocycles. The average Bonchev–Trinajstić information content (AvgIpc) is 2.19. The lowest BCUT2D eigenvalue weighted by molar-refractivity contribution is 0.0678. The van der Waals surface area contributed by atoms with Crippen LogP contribution in [-0.2, 0) is 6.54 Å². The fourth-order valence-corrected chi connectivity index (χ4v) is 1.39. The molecule has 0 aliphatic heterocycles. The Morgan fingerprint density at radius 1 is 1.53 bits per heavy atom. The molecule has 1 rings (SSSR count). The summed E-state index contributed by atoms with van der Waals surface area (Å²) in [5.74, 6) is -1.61. The van der Waals surface area contributed by atoms with Crippen LogP contribution in [0.15, 0.2) is 11.1 Å². The van der Waals surface area contributed by atoms with Gasteiger partial charge in [-0.3, -0.25) is 9.36 Å². The van der Waals surface area contributed by atoms with Crippen molar-refractivity contribution in [2.24, 2.45) is 5.92 Å². The number of alkyl halides is 2. The minimum atomic E-state index is -3.08. The van der Waals surface area contributed by atoms with Crippen LogP contribution >= 0.6 is 0 Å². The summed E-state index contributed by atoms with van der Waals surface area (Å²) in [4.78, 5) is 25.8. The zero-order chi connectivity index (χ0) is 13.2. The first-order valence-electron chi connectivity index (χ1n) is 4.95. The summed E-state index contributed by atoms with van der Waals surface area (Å²) in [7, 11) is 0. The monoisotopic (exact) mass is 246 g/mol. The summed E-state index contributed by atoms with van der Waals surface area (Å²) in [5, 5.41) is 8.77. The molecule has 1 aromatic rings. The van der Waals surface area contributed by atoms with E-state index >= 15 is 0 Å². The Balaban J connectivity index is 3.39. The van der Waals surface area contributed by atoms with Gasteiger partial charge < -0.3 is 5.11 Å². The number of halogens is 2. The first-order valence-corrected chi connectivity index (χ1v) is 4.95. The van der Waals surface area contributed by atoms with Crippen molar-refractivity contribution < 1.29 is 18.7 Å². The van der Waals surface area contributed by atoms with Crippen molar-refractivity contribution in [1.29, 1.82) is 0 Å². The quantitative estimate of drug-likeness (QED) is 0.874. The van der Waals surface area contributed by atoms with Gasteiger partial charge in [-0.2, -0.15) is 0 Å². The molecule has 0 bridgehead atoms. The van der Waals surface area contributed by atoms with Gasteiger partial charge in [0, 0.05) is 6.54 Å². The number of aromatic carboxylic acids is 1. The third-order valence-corrected chi connectivity index (χ3v) is 2.05. The van der Waals surface area contributed by atoms with Gasteiger partial charge in [0.15, 0.2) is 5.56 Å². The van der Waals surface area contributed by atoms with Crippen molar-refractivity contribution in [3.05, 3.63) is 27.9 Å². The second kappa shape index (κ2) is 5.03. The van der Waals surface area contributed by atoms with Crippen LogP contribution in [0.5, 0.6) is 0 Å².